The molecule has 0 aliphatic carbocycles. The molecule has 1 unspecified atom stereocenters. The summed E-state index contributed by atoms with van der Waals surface area (Å²) in [6.45, 7) is 6.96. The van der Waals surface area contributed by atoms with Crippen molar-refractivity contribution in [2.24, 2.45) is 7.05 Å². The lowest BCUT2D eigenvalue weighted by Crippen LogP contribution is -2.09. The van der Waals surface area contributed by atoms with Crippen molar-refractivity contribution < 1.29 is 5.11 Å². The van der Waals surface area contributed by atoms with Crippen molar-refractivity contribution in [1.29, 1.82) is 0 Å². The summed E-state index contributed by atoms with van der Waals surface area (Å²) in [6, 6.07) is 2.08. The molecule has 0 fully saturated rings. The molecule has 0 aliphatic heterocycles. The molecule has 5 nitrogen and oxygen atoms in total. The van der Waals surface area contributed by atoms with Crippen LogP contribution in [0.15, 0.2) is 12.3 Å². The van der Waals surface area contributed by atoms with Crippen LogP contribution in [0.3, 0.4) is 0 Å². The smallest absolute Gasteiger partial charge is 0.0878 e. The first kappa shape index (κ1) is 13.8. The highest BCUT2D eigenvalue weighted by Gasteiger charge is 2.17. The third-order valence-electron chi connectivity index (χ3n) is 3.61. The van der Waals surface area contributed by atoms with Crippen molar-refractivity contribution in [1.82, 2.24) is 19.6 Å². The van der Waals surface area contributed by atoms with Crippen LogP contribution in [-0.2, 0) is 26.4 Å². The fourth-order valence-electron chi connectivity index (χ4n) is 2.28. The van der Waals surface area contributed by atoms with Gasteiger partial charge in [-0.15, -0.1) is 0 Å². The highest BCUT2D eigenvalue weighted by Crippen LogP contribution is 2.21. The standard InChI is InChI=1S/C14H22N4O/c1-5-11-7-12(18(6-2)16-11)8-14(19)13-9-15-17(4)10(13)3/h7,9,14,19H,5-6,8H2,1-4H3. The van der Waals surface area contributed by atoms with Crippen LogP contribution >= 0.6 is 0 Å². The number of hydrogen-bond acceptors (Lipinski definition) is 3. The van der Waals surface area contributed by atoms with Gasteiger partial charge >= 0.3 is 0 Å². The lowest BCUT2D eigenvalue weighted by atomic mass is 10.1. The predicted molar refractivity (Wildman–Crippen MR) is 73.9 cm³/mol. The van der Waals surface area contributed by atoms with Gasteiger partial charge in [0, 0.05) is 37.0 Å². The van der Waals surface area contributed by atoms with Gasteiger partial charge in [-0.1, -0.05) is 6.92 Å². The molecule has 0 bridgehead atoms. The van der Waals surface area contributed by atoms with Gasteiger partial charge in [0.2, 0.25) is 0 Å². The normalized spacial score (nSPS) is 12.9. The van der Waals surface area contributed by atoms with Gasteiger partial charge in [0.25, 0.3) is 0 Å². The Morgan fingerprint density at radius 3 is 2.63 bits per heavy atom. The molecule has 0 spiro atoms. The van der Waals surface area contributed by atoms with E-state index >= 15 is 0 Å². The van der Waals surface area contributed by atoms with E-state index in [1.54, 1.807) is 10.9 Å². The molecule has 19 heavy (non-hydrogen) atoms. The van der Waals surface area contributed by atoms with Crippen LogP contribution in [0.4, 0.5) is 0 Å². The number of aryl methyl sites for hydroxylation is 3. The first-order valence-corrected chi connectivity index (χ1v) is 6.78. The fourth-order valence-corrected chi connectivity index (χ4v) is 2.28. The van der Waals surface area contributed by atoms with Gasteiger partial charge in [0.05, 0.1) is 18.0 Å². The number of aromatic nitrogens is 4. The number of rotatable bonds is 5. The minimum Gasteiger partial charge on any atom is -0.388 e. The molecule has 104 valence electrons. The lowest BCUT2D eigenvalue weighted by Gasteiger charge is -2.11. The summed E-state index contributed by atoms with van der Waals surface area (Å²) in [6.07, 6.45) is 2.71. The maximum atomic E-state index is 10.4. The maximum absolute atomic E-state index is 10.4. The second kappa shape index (κ2) is 5.57. The third-order valence-corrected chi connectivity index (χ3v) is 3.61. The fraction of sp³-hybridized carbons (Fsp3) is 0.571. The van der Waals surface area contributed by atoms with Gasteiger partial charge in [-0.25, -0.2) is 0 Å². The van der Waals surface area contributed by atoms with Crippen LogP contribution in [0.1, 0.15) is 42.6 Å². The van der Waals surface area contributed by atoms with E-state index < -0.39 is 6.10 Å². The molecular weight excluding hydrogens is 240 g/mol. The van der Waals surface area contributed by atoms with E-state index in [-0.39, 0.29) is 0 Å². The summed E-state index contributed by atoms with van der Waals surface area (Å²) in [4.78, 5) is 0. The van der Waals surface area contributed by atoms with Crippen molar-refractivity contribution in [3.05, 3.63) is 34.9 Å². The van der Waals surface area contributed by atoms with Gasteiger partial charge in [0.1, 0.15) is 0 Å². The molecular formula is C14H22N4O. The molecule has 0 amide bonds. The molecule has 5 heteroatoms. The Morgan fingerprint density at radius 1 is 1.37 bits per heavy atom. The summed E-state index contributed by atoms with van der Waals surface area (Å²) < 4.78 is 3.75. The number of aliphatic hydroxyl groups excluding tert-OH is 1. The molecule has 0 aromatic carbocycles. The number of aliphatic hydroxyl groups is 1. The average Bonchev–Trinajstić information content (AvgIpc) is 2.94. The molecule has 2 aromatic heterocycles. The summed E-state index contributed by atoms with van der Waals surface area (Å²) in [5.41, 5.74) is 4.05. The Labute approximate surface area is 113 Å². The van der Waals surface area contributed by atoms with E-state index in [0.717, 1.165) is 35.6 Å². The minimum atomic E-state index is -0.527. The molecule has 2 aromatic rings. The highest BCUT2D eigenvalue weighted by molar-refractivity contribution is 5.21. The summed E-state index contributed by atoms with van der Waals surface area (Å²) in [5, 5.41) is 19.1. The van der Waals surface area contributed by atoms with Gasteiger partial charge in [-0.2, -0.15) is 10.2 Å². The second-order valence-electron chi connectivity index (χ2n) is 4.83. The van der Waals surface area contributed by atoms with Crippen LogP contribution in [0, 0.1) is 6.92 Å². The van der Waals surface area contributed by atoms with Crippen LogP contribution in [0.5, 0.6) is 0 Å². The average molecular weight is 262 g/mol. The zero-order chi connectivity index (χ0) is 14.0. The molecule has 0 saturated heterocycles. The van der Waals surface area contributed by atoms with E-state index in [9.17, 15) is 5.11 Å². The topological polar surface area (TPSA) is 55.9 Å². The van der Waals surface area contributed by atoms with Gasteiger partial charge in [-0.05, 0) is 26.3 Å². The first-order chi connectivity index (χ1) is 9.06. The zero-order valence-corrected chi connectivity index (χ0v) is 12.1. The Kier molecular flexibility index (Phi) is 4.04. The van der Waals surface area contributed by atoms with Gasteiger partial charge in [0.15, 0.2) is 0 Å². The van der Waals surface area contributed by atoms with Crippen molar-refractivity contribution >= 4 is 0 Å². The van der Waals surface area contributed by atoms with Crippen LogP contribution in [0.2, 0.25) is 0 Å². The van der Waals surface area contributed by atoms with Crippen LogP contribution in [-0.4, -0.2) is 24.7 Å². The molecule has 2 rings (SSSR count). The zero-order valence-electron chi connectivity index (χ0n) is 12.1. The summed E-state index contributed by atoms with van der Waals surface area (Å²) in [5.74, 6) is 0. The Morgan fingerprint density at radius 2 is 2.11 bits per heavy atom. The first-order valence-electron chi connectivity index (χ1n) is 6.78. The number of nitrogens with zero attached hydrogens (tertiary/aromatic N) is 4. The predicted octanol–water partition coefficient (Wildman–Crippen LogP) is 1.78. The van der Waals surface area contributed by atoms with Gasteiger partial charge in [-0.3, -0.25) is 9.36 Å². The lowest BCUT2D eigenvalue weighted by molar-refractivity contribution is 0.174. The van der Waals surface area contributed by atoms with Gasteiger partial charge < -0.3 is 5.11 Å². The molecule has 0 radical (unpaired) electrons. The Hall–Kier alpha value is -1.62. The quantitative estimate of drug-likeness (QED) is 0.893. The third kappa shape index (κ3) is 2.71. The second-order valence-corrected chi connectivity index (χ2v) is 4.83. The molecule has 1 N–H and O–H groups in total. The SMILES string of the molecule is CCc1cc(CC(O)c2cnn(C)c2C)n(CC)n1. The van der Waals surface area contributed by atoms with Crippen molar-refractivity contribution in [2.75, 3.05) is 0 Å². The summed E-state index contributed by atoms with van der Waals surface area (Å²) >= 11 is 0. The van der Waals surface area contributed by atoms with Crippen LogP contribution in [0.25, 0.3) is 0 Å². The van der Waals surface area contributed by atoms with E-state index in [4.69, 9.17) is 0 Å². The molecule has 1 atom stereocenters. The van der Waals surface area contributed by atoms with Crippen molar-refractivity contribution in [3.8, 4) is 0 Å². The number of hydrogen-bond donors (Lipinski definition) is 1. The highest BCUT2D eigenvalue weighted by atomic mass is 16.3. The maximum Gasteiger partial charge on any atom is 0.0878 e. The van der Waals surface area contributed by atoms with Crippen LogP contribution < -0.4 is 0 Å². The Balaban J connectivity index is 2.21. The largest absolute Gasteiger partial charge is 0.388 e. The van der Waals surface area contributed by atoms with E-state index in [2.05, 4.69) is 30.1 Å². The Bertz CT molecular complexity index is 556. The minimum absolute atomic E-state index is 0.527. The van der Waals surface area contributed by atoms with Crippen molar-refractivity contribution in [2.45, 2.75) is 46.3 Å². The van der Waals surface area contributed by atoms with E-state index in [0.29, 0.717) is 6.42 Å². The van der Waals surface area contributed by atoms with E-state index in [1.165, 1.54) is 0 Å². The molecule has 0 aliphatic rings. The monoisotopic (exact) mass is 262 g/mol. The molecule has 0 saturated carbocycles. The molecule has 2 heterocycles. The summed E-state index contributed by atoms with van der Waals surface area (Å²) in [7, 11) is 1.89. The van der Waals surface area contributed by atoms with E-state index in [1.807, 2.05) is 18.7 Å². The van der Waals surface area contributed by atoms with Crippen molar-refractivity contribution in [3.63, 3.8) is 0 Å².